The van der Waals surface area contributed by atoms with Crippen molar-refractivity contribution in [3.63, 3.8) is 0 Å². The Kier molecular flexibility index (Phi) is 3.80. The fourth-order valence-electron chi connectivity index (χ4n) is 1.91. The summed E-state index contributed by atoms with van der Waals surface area (Å²) >= 11 is 0. The number of phenolic OH excluding ortho intramolecular Hbond substituents is 1. The van der Waals surface area contributed by atoms with Crippen LogP contribution in [0.5, 0.6) is 5.75 Å². The van der Waals surface area contributed by atoms with Gasteiger partial charge >= 0.3 is 5.97 Å². The van der Waals surface area contributed by atoms with Gasteiger partial charge in [0, 0.05) is 0 Å². The Morgan fingerprint density at radius 2 is 1.74 bits per heavy atom. The molecule has 0 saturated heterocycles. The molecule has 0 aliphatic rings. The second-order valence-electron chi connectivity index (χ2n) is 4.27. The van der Waals surface area contributed by atoms with Gasteiger partial charge in [-0.3, -0.25) is 0 Å². The lowest BCUT2D eigenvalue weighted by Gasteiger charge is -2.07. The normalized spacial score (nSPS) is 10.4. The molecule has 0 aliphatic heterocycles. The van der Waals surface area contributed by atoms with E-state index in [1.54, 1.807) is 18.2 Å². The van der Waals surface area contributed by atoms with Gasteiger partial charge in [0.15, 0.2) is 0 Å². The number of carboxylic acid groups (broad SMARTS) is 1. The van der Waals surface area contributed by atoms with Gasteiger partial charge in [-0.2, -0.15) is 0 Å². The number of hydrogen-bond donors (Lipinski definition) is 2. The van der Waals surface area contributed by atoms with Crippen LogP contribution in [0.1, 0.15) is 21.5 Å². The van der Waals surface area contributed by atoms with Crippen LogP contribution < -0.4 is 0 Å². The van der Waals surface area contributed by atoms with Crippen molar-refractivity contribution in [1.29, 1.82) is 0 Å². The molecule has 0 unspecified atom stereocenters. The first kappa shape index (κ1) is 13.1. The van der Waals surface area contributed by atoms with Crippen molar-refractivity contribution in [2.24, 2.45) is 0 Å². The van der Waals surface area contributed by atoms with Gasteiger partial charge in [0.05, 0.1) is 5.56 Å². The van der Waals surface area contributed by atoms with Crippen LogP contribution >= 0.6 is 0 Å². The maximum Gasteiger partial charge on any atom is 0.336 e. The van der Waals surface area contributed by atoms with Gasteiger partial charge in [-0.15, -0.1) is 0 Å². The fourth-order valence-corrected chi connectivity index (χ4v) is 1.91. The summed E-state index contributed by atoms with van der Waals surface area (Å²) in [6, 6.07) is 10.4. The Morgan fingerprint density at radius 3 is 2.37 bits per heavy atom. The maximum absolute atomic E-state index is 12.8. The number of aryl methyl sites for hydroxylation is 2. The Morgan fingerprint density at radius 1 is 1.05 bits per heavy atom. The molecule has 0 bridgehead atoms. The van der Waals surface area contributed by atoms with E-state index < -0.39 is 5.97 Å². The zero-order chi connectivity index (χ0) is 13.8. The molecule has 2 aromatic rings. The van der Waals surface area contributed by atoms with E-state index >= 15 is 0 Å². The second kappa shape index (κ2) is 5.52. The van der Waals surface area contributed by atoms with Crippen LogP contribution in [-0.2, 0) is 12.8 Å². The summed E-state index contributed by atoms with van der Waals surface area (Å²) in [5.41, 5.74) is 1.68. The highest BCUT2D eigenvalue weighted by Crippen LogP contribution is 2.18. The third-order valence-corrected chi connectivity index (χ3v) is 2.92. The first-order valence-electron chi connectivity index (χ1n) is 5.86. The van der Waals surface area contributed by atoms with Gasteiger partial charge in [-0.1, -0.05) is 18.2 Å². The Hall–Kier alpha value is -2.36. The van der Waals surface area contributed by atoms with Crippen molar-refractivity contribution >= 4 is 5.97 Å². The molecule has 0 heterocycles. The Balaban J connectivity index is 2.15. The van der Waals surface area contributed by atoms with Crippen molar-refractivity contribution in [3.05, 3.63) is 65.0 Å². The van der Waals surface area contributed by atoms with Crippen LogP contribution in [-0.4, -0.2) is 16.2 Å². The molecular formula is C15H13FO3. The van der Waals surface area contributed by atoms with Crippen molar-refractivity contribution in [3.8, 4) is 5.75 Å². The number of carboxylic acids is 1. The molecular weight excluding hydrogens is 247 g/mol. The van der Waals surface area contributed by atoms with Crippen LogP contribution in [0.25, 0.3) is 0 Å². The van der Waals surface area contributed by atoms with Crippen LogP contribution in [0.3, 0.4) is 0 Å². The van der Waals surface area contributed by atoms with Gasteiger partial charge < -0.3 is 10.2 Å². The predicted octanol–water partition coefficient (Wildman–Crippen LogP) is 3.01. The summed E-state index contributed by atoms with van der Waals surface area (Å²) in [7, 11) is 0. The van der Waals surface area contributed by atoms with E-state index in [1.807, 2.05) is 0 Å². The molecule has 98 valence electrons. The number of aromatic carboxylic acids is 1. The molecule has 0 saturated carbocycles. The zero-order valence-electron chi connectivity index (χ0n) is 10.1. The van der Waals surface area contributed by atoms with Gasteiger partial charge in [-0.05, 0) is 48.2 Å². The number of halogens is 1. The predicted molar refractivity (Wildman–Crippen MR) is 68.9 cm³/mol. The number of hydrogen-bond acceptors (Lipinski definition) is 2. The van der Waals surface area contributed by atoms with Gasteiger partial charge in [0.2, 0.25) is 0 Å². The van der Waals surface area contributed by atoms with Gasteiger partial charge in [0.25, 0.3) is 0 Å². The number of rotatable bonds is 4. The summed E-state index contributed by atoms with van der Waals surface area (Å²) < 4.78 is 12.8. The minimum Gasteiger partial charge on any atom is -0.508 e. The summed E-state index contributed by atoms with van der Waals surface area (Å²) in [5, 5.41) is 18.4. The molecule has 19 heavy (non-hydrogen) atoms. The minimum absolute atomic E-state index is 0.0667. The average molecular weight is 260 g/mol. The number of benzene rings is 2. The van der Waals surface area contributed by atoms with Crippen LogP contribution in [0.2, 0.25) is 0 Å². The van der Waals surface area contributed by atoms with Crippen molar-refractivity contribution in [2.75, 3.05) is 0 Å². The van der Waals surface area contributed by atoms with E-state index in [0.717, 1.165) is 5.56 Å². The fraction of sp³-hybridized carbons (Fsp3) is 0.133. The molecule has 3 nitrogen and oxygen atoms in total. The van der Waals surface area contributed by atoms with Crippen molar-refractivity contribution < 1.29 is 19.4 Å². The molecule has 0 aromatic heterocycles. The average Bonchev–Trinajstić information content (AvgIpc) is 2.39. The molecule has 0 fully saturated rings. The molecule has 2 rings (SSSR count). The van der Waals surface area contributed by atoms with Crippen molar-refractivity contribution in [1.82, 2.24) is 0 Å². The lowest BCUT2D eigenvalue weighted by molar-refractivity contribution is 0.0695. The Labute approximate surface area is 109 Å². The lowest BCUT2D eigenvalue weighted by atomic mass is 9.99. The number of aromatic hydroxyl groups is 1. The highest BCUT2D eigenvalue weighted by atomic mass is 19.1. The highest BCUT2D eigenvalue weighted by Gasteiger charge is 2.10. The van der Waals surface area contributed by atoms with E-state index in [0.29, 0.717) is 18.4 Å². The van der Waals surface area contributed by atoms with Crippen LogP contribution in [0.15, 0.2) is 42.5 Å². The topological polar surface area (TPSA) is 57.5 Å². The van der Waals surface area contributed by atoms with Gasteiger partial charge in [-0.25, -0.2) is 9.18 Å². The molecule has 0 amide bonds. The molecule has 4 heteroatoms. The maximum atomic E-state index is 12.8. The quantitative estimate of drug-likeness (QED) is 0.888. The smallest absolute Gasteiger partial charge is 0.336 e. The van der Waals surface area contributed by atoms with Crippen LogP contribution in [0.4, 0.5) is 4.39 Å². The van der Waals surface area contributed by atoms with E-state index in [2.05, 4.69) is 0 Å². The summed E-state index contributed by atoms with van der Waals surface area (Å²) in [6.07, 6.45) is 1.14. The summed E-state index contributed by atoms with van der Waals surface area (Å²) in [6.45, 7) is 0. The minimum atomic E-state index is -1.06. The highest BCUT2D eigenvalue weighted by molar-refractivity contribution is 5.89. The third kappa shape index (κ3) is 3.31. The summed E-state index contributed by atoms with van der Waals surface area (Å²) in [5.74, 6) is -1.42. The second-order valence-corrected chi connectivity index (χ2v) is 4.27. The largest absolute Gasteiger partial charge is 0.508 e. The molecule has 0 atom stereocenters. The number of phenols is 1. The third-order valence-electron chi connectivity index (χ3n) is 2.92. The van der Waals surface area contributed by atoms with E-state index in [1.165, 1.54) is 24.3 Å². The van der Waals surface area contributed by atoms with E-state index in [4.69, 9.17) is 5.11 Å². The molecule has 2 N–H and O–H groups in total. The molecule has 2 aromatic carbocycles. The van der Waals surface area contributed by atoms with Crippen molar-refractivity contribution in [2.45, 2.75) is 12.8 Å². The standard InChI is InChI=1S/C15H13FO3/c16-12-6-2-10(3-7-12)1-4-11-5-8-13(17)9-14(11)15(18)19/h2-3,5-9,17H,1,4H2,(H,18,19). The first-order chi connectivity index (χ1) is 9.06. The first-order valence-corrected chi connectivity index (χ1v) is 5.86. The number of carbonyl (C=O) groups is 1. The van der Waals surface area contributed by atoms with E-state index in [9.17, 15) is 14.3 Å². The Bertz CT molecular complexity index is 591. The molecule has 0 radical (unpaired) electrons. The molecule has 0 spiro atoms. The zero-order valence-corrected chi connectivity index (χ0v) is 10.1. The van der Waals surface area contributed by atoms with Gasteiger partial charge in [0.1, 0.15) is 11.6 Å². The van der Waals surface area contributed by atoms with Crippen LogP contribution in [0, 0.1) is 5.82 Å². The SMILES string of the molecule is O=C(O)c1cc(O)ccc1CCc1ccc(F)cc1. The lowest BCUT2D eigenvalue weighted by Crippen LogP contribution is -2.03. The van der Waals surface area contributed by atoms with E-state index in [-0.39, 0.29) is 17.1 Å². The monoisotopic (exact) mass is 260 g/mol. The molecule has 0 aliphatic carbocycles. The summed E-state index contributed by atoms with van der Waals surface area (Å²) in [4.78, 5) is 11.1.